The van der Waals surface area contributed by atoms with E-state index in [9.17, 15) is 13.2 Å². The number of aromatic nitrogens is 2. The maximum atomic E-state index is 13.4. The number of sulfone groups is 1. The highest BCUT2D eigenvalue weighted by molar-refractivity contribution is 8.26. The van der Waals surface area contributed by atoms with Gasteiger partial charge in [0, 0.05) is 27.9 Å². The second-order valence-electron chi connectivity index (χ2n) is 9.73. The van der Waals surface area contributed by atoms with Crippen LogP contribution in [0.4, 0.5) is 0 Å². The summed E-state index contributed by atoms with van der Waals surface area (Å²) in [6.07, 6.45) is 4.05. The number of nitrogens with zero attached hydrogens (tertiary/aromatic N) is 3. The highest BCUT2D eigenvalue weighted by atomic mass is 35.5. The van der Waals surface area contributed by atoms with Crippen molar-refractivity contribution >= 4 is 61.7 Å². The number of hydrogen-bond donors (Lipinski definition) is 0. The zero-order valence-corrected chi connectivity index (χ0v) is 24.8. The monoisotopic (exact) mass is 621 g/mol. The van der Waals surface area contributed by atoms with Gasteiger partial charge in [0.05, 0.1) is 33.8 Å². The maximum absolute atomic E-state index is 13.4. The van der Waals surface area contributed by atoms with Crippen molar-refractivity contribution in [2.24, 2.45) is 0 Å². The minimum Gasteiger partial charge on any atom is -0.489 e. The van der Waals surface area contributed by atoms with Crippen molar-refractivity contribution in [3.8, 4) is 22.7 Å². The predicted molar refractivity (Wildman–Crippen MR) is 167 cm³/mol. The molecule has 0 N–H and O–H groups in total. The van der Waals surface area contributed by atoms with E-state index < -0.39 is 15.9 Å². The van der Waals surface area contributed by atoms with Gasteiger partial charge in [0.15, 0.2) is 9.84 Å². The van der Waals surface area contributed by atoms with Crippen LogP contribution in [0.2, 0.25) is 5.02 Å². The first-order valence-electron chi connectivity index (χ1n) is 12.9. The average Bonchev–Trinajstić information content (AvgIpc) is 3.63. The molecule has 1 aromatic heterocycles. The second-order valence-corrected chi connectivity index (χ2v) is 14.0. The van der Waals surface area contributed by atoms with Gasteiger partial charge < -0.3 is 4.74 Å². The van der Waals surface area contributed by atoms with Gasteiger partial charge in [0.1, 0.15) is 16.7 Å². The topological polar surface area (TPSA) is 81.5 Å². The summed E-state index contributed by atoms with van der Waals surface area (Å²) in [7, 11) is -3.16. The van der Waals surface area contributed by atoms with Crippen molar-refractivity contribution in [1.29, 1.82) is 0 Å². The van der Waals surface area contributed by atoms with E-state index in [4.69, 9.17) is 33.7 Å². The molecule has 4 aromatic rings. The van der Waals surface area contributed by atoms with Crippen LogP contribution in [0.1, 0.15) is 17.5 Å². The number of halogens is 1. The highest BCUT2D eigenvalue weighted by Crippen LogP contribution is 2.38. The molecule has 208 valence electrons. The third kappa shape index (κ3) is 5.97. The first-order valence-corrected chi connectivity index (χ1v) is 16.3. The molecule has 1 atom stereocenters. The molecule has 1 unspecified atom stereocenters. The van der Waals surface area contributed by atoms with E-state index in [-0.39, 0.29) is 17.4 Å². The Bertz CT molecular complexity index is 1770. The molecule has 7 nitrogen and oxygen atoms in total. The quantitative estimate of drug-likeness (QED) is 0.181. The molecule has 0 spiro atoms. The van der Waals surface area contributed by atoms with E-state index in [1.165, 1.54) is 16.7 Å². The molecule has 3 heterocycles. The lowest BCUT2D eigenvalue weighted by atomic mass is 10.1. The van der Waals surface area contributed by atoms with E-state index in [0.717, 1.165) is 22.4 Å². The van der Waals surface area contributed by atoms with E-state index >= 15 is 0 Å². The molecule has 1 amide bonds. The van der Waals surface area contributed by atoms with Crippen molar-refractivity contribution in [3.05, 3.63) is 106 Å². The van der Waals surface area contributed by atoms with Crippen LogP contribution < -0.4 is 4.74 Å². The number of rotatable bonds is 7. The fraction of sp³-hybridized carbons (Fsp3) is 0.167. The molecule has 41 heavy (non-hydrogen) atoms. The standard InChI is InChI=1S/C30H24ClN3O4S3/c31-26-9-5-4-6-21(26)18-38-25-12-10-20(11-13-25)28-22(17-33(32-28)23-7-2-1-3-8-23)16-27-29(35)34(30(39)40-27)24-14-15-41(36,37)19-24/h1-13,16-17,24H,14-15,18-19H2/b27-16-. The van der Waals surface area contributed by atoms with Crippen molar-refractivity contribution in [2.45, 2.75) is 19.1 Å². The van der Waals surface area contributed by atoms with Gasteiger partial charge >= 0.3 is 0 Å². The highest BCUT2D eigenvalue weighted by Gasteiger charge is 2.42. The number of benzene rings is 3. The summed E-state index contributed by atoms with van der Waals surface area (Å²) in [6, 6.07) is 24.4. The molecule has 6 rings (SSSR count). The van der Waals surface area contributed by atoms with E-state index in [2.05, 4.69) is 0 Å². The SMILES string of the molecule is O=C1/C(=C/c2cn(-c3ccccc3)nc2-c2ccc(OCc3ccccc3Cl)cc2)SC(=S)N1C1CCS(=O)(=O)C1. The number of carbonyl (C=O) groups is 1. The van der Waals surface area contributed by atoms with Crippen LogP contribution in [0.5, 0.6) is 5.75 Å². The minimum absolute atomic E-state index is 0.0607. The summed E-state index contributed by atoms with van der Waals surface area (Å²) < 4.78 is 32.2. The molecule has 2 fully saturated rings. The Labute approximate surface area is 252 Å². The van der Waals surface area contributed by atoms with Crippen molar-refractivity contribution in [3.63, 3.8) is 0 Å². The molecule has 0 radical (unpaired) electrons. The van der Waals surface area contributed by atoms with Gasteiger partial charge in [-0.15, -0.1) is 0 Å². The molecule has 3 aromatic carbocycles. The molecular weight excluding hydrogens is 598 g/mol. The van der Waals surface area contributed by atoms with Crippen LogP contribution in [0.15, 0.2) is 90.0 Å². The number of thiocarbonyl (C=S) groups is 1. The van der Waals surface area contributed by atoms with Gasteiger partial charge in [-0.25, -0.2) is 13.1 Å². The maximum Gasteiger partial charge on any atom is 0.266 e. The van der Waals surface area contributed by atoms with Crippen LogP contribution in [0.3, 0.4) is 0 Å². The van der Waals surface area contributed by atoms with Crippen LogP contribution >= 0.6 is 35.6 Å². The minimum atomic E-state index is -3.16. The summed E-state index contributed by atoms with van der Waals surface area (Å²) in [5, 5.41) is 5.51. The first kappa shape index (κ1) is 27.7. The summed E-state index contributed by atoms with van der Waals surface area (Å²) in [5.41, 5.74) is 4.03. The van der Waals surface area contributed by atoms with Gasteiger partial charge in [0.2, 0.25) is 0 Å². The van der Waals surface area contributed by atoms with Gasteiger partial charge in [-0.05, 0) is 55.0 Å². The number of hydrogen-bond acceptors (Lipinski definition) is 7. The zero-order chi connectivity index (χ0) is 28.6. The third-order valence-corrected chi connectivity index (χ3v) is 10.4. The summed E-state index contributed by atoms with van der Waals surface area (Å²) in [6.45, 7) is 0.344. The number of para-hydroxylation sites is 1. The van der Waals surface area contributed by atoms with Crippen molar-refractivity contribution < 1.29 is 17.9 Å². The Kier molecular flexibility index (Phi) is 7.74. The normalized spacial score (nSPS) is 19.3. The van der Waals surface area contributed by atoms with E-state index in [1.807, 2.05) is 85.1 Å². The number of carbonyl (C=O) groups excluding carboxylic acids is 1. The van der Waals surface area contributed by atoms with Crippen LogP contribution in [-0.2, 0) is 21.2 Å². The number of ether oxygens (including phenoxy) is 1. The van der Waals surface area contributed by atoms with E-state index in [0.29, 0.717) is 38.7 Å². The molecule has 0 aliphatic carbocycles. The number of thioether (sulfide) groups is 1. The van der Waals surface area contributed by atoms with Crippen molar-refractivity contribution in [1.82, 2.24) is 14.7 Å². The Morgan fingerprint density at radius 3 is 2.49 bits per heavy atom. The van der Waals surface area contributed by atoms with Gasteiger partial charge in [-0.1, -0.05) is 72.0 Å². The molecule has 2 aliphatic heterocycles. The van der Waals surface area contributed by atoms with Crippen molar-refractivity contribution in [2.75, 3.05) is 11.5 Å². The molecule has 2 aliphatic rings. The average molecular weight is 622 g/mol. The Balaban J connectivity index is 1.30. The van der Waals surface area contributed by atoms with Crippen LogP contribution in [0, 0.1) is 0 Å². The predicted octanol–water partition coefficient (Wildman–Crippen LogP) is 6.16. The first-order chi connectivity index (χ1) is 19.8. The molecule has 2 saturated heterocycles. The Morgan fingerprint density at radius 2 is 1.78 bits per heavy atom. The Hall–Kier alpha value is -3.44. The lowest BCUT2D eigenvalue weighted by Gasteiger charge is -2.20. The summed E-state index contributed by atoms with van der Waals surface area (Å²) in [4.78, 5) is 15.3. The summed E-state index contributed by atoms with van der Waals surface area (Å²) >= 11 is 12.9. The fourth-order valence-electron chi connectivity index (χ4n) is 4.83. The van der Waals surface area contributed by atoms with Crippen LogP contribution in [0.25, 0.3) is 23.0 Å². The lowest BCUT2D eigenvalue weighted by molar-refractivity contribution is -0.123. The lowest BCUT2D eigenvalue weighted by Crippen LogP contribution is -2.39. The smallest absolute Gasteiger partial charge is 0.266 e. The molecule has 0 saturated carbocycles. The largest absolute Gasteiger partial charge is 0.489 e. The number of amides is 1. The second kappa shape index (κ2) is 11.4. The van der Waals surface area contributed by atoms with Gasteiger partial charge in [-0.3, -0.25) is 9.69 Å². The van der Waals surface area contributed by atoms with Gasteiger partial charge in [-0.2, -0.15) is 5.10 Å². The fourth-order valence-corrected chi connectivity index (χ4v) is 8.11. The third-order valence-electron chi connectivity index (χ3n) is 6.93. The Morgan fingerprint density at radius 1 is 1.05 bits per heavy atom. The molecule has 11 heteroatoms. The van der Waals surface area contributed by atoms with Crippen LogP contribution in [-0.4, -0.2) is 50.9 Å². The molecule has 0 bridgehead atoms. The summed E-state index contributed by atoms with van der Waals surface area (Å²) in [5.74, 6) is 0.420. The molecular formula is C30H24ClN3O4S3. The zero-order valence-electron chi connectivity index (χ0n) is 21.6. The van der Waals surface area contributed by atoms with Gasteiger partial charge in [0.25, 0.3) is 5.91 Å². The van der Waals surface area contributed by atoms with E-state index in [1.54, 1.807) is 10.8 Å².